The number of nitrogens with zero attached hydrogens (tertiary/aromatic N) is 4. The predicted octanol–water partition coefficient (Wildman–Crippen LogP) is 0.760. The van der Waals surface area contributed by atoms with Crippen molar-refractivity contribution in [3.05, 3.63) is 35.5 Å². The third-order valence-electron chi connectivity index (χ3n) is 5.73. The van der Waals surface area contributed by atoms with Gasteiger partial charge in [-0.25, -0.2) is 0 Å². The fourth-order valence-corrected chi connectivity index (χ4v) is 4.42. The first-order valence-corrected chi connectivity index (χ1v) is 9.71. The van der Waals surface area contributed by atoms with Gasteiger partial charge in [0.2, 0.25) is 5.91 Å². The van der Waals surface area contributed by atoms with Gasteiger partial charge < -0.3 is 15.2 Å². The number of hydrogen-bond donors (Lipinski definition) is 2. The Kier molecular flexibility index (Phi) is 4.92. The van der Waals surface area contributed by atoms with Gasteiger partial charge in [-0.1, -0.05) is 5.16 Å². The lowest BCUT2D eigenvalue weighted by atomic mass is 9.84. The van der Waals surface area contributed by atoms with Gasteiger partial charge in [0.15, 0.2) is 5.69 Å². The van der Waals surface area contributed by atoms with Crippen molar-refractivity contribution in [3.8, 4) is 0 Å². The molecule has 0 saturated carbocycles. The van der Waals surface area contributed by atoms with E-state index in [4.69, 9.17) is 4.52 Å². The van der Waals surface area contributed by atoms with E-state index in [1.165, 1.54) is 0 Å². The monoisotopic (exact) mass is 386 g/mol. The molecule has 0 unspecified atom stereocenters. The summed E-state index contributed by atoms with van der Waals surface area (Å²) in [6.45, 7) is 3.75. The summed E-state index contributed by atoms with van der Waals surface area (Å²) in [6.07, 6.45) is 7.15. The van der Waals surface area contributed by atoms with Gasteiger partial charge in [-0.2, -0.15) is 5.10 Å². The second kappa shape index (κ2) is 7.38. The predicted molar refractivity (Wildman–Crippen MR) is 100 cm³/mol. The minimum absolute atomic E-state index is 0.0325. The molecular formula is C19H26N6O3. The lowest BCUT2D eigenvalue weighted by Crippen LogP contribution is -2.57. The molecule has 150 valence electrons. The van der Waals surface area contributed by atoms with Crippen molar-refractivity contribution < 1.29 is 14.1 Å². The number of aromatic nitrogens is 3. The zero-order valence-electron chi connectivity index (χ0n) is 16.3. The highest BCUT2D eigenvalue weighted by atomic mass is 16.5. The quantitative estimate of drug-likeness (QED) is 0.786. The first-order chi connectivity index (χ1) is 13.5. The maximum absolute atomic E-state index is 13.2. The van der Waals surface area contributed by atoms with Gasteiger partial charge in [0, 0.05) is 44.0 Å². The number of carbonyl (C=O) groups is 2. The number of piperidine rings is 1. The average Bonchev–Trinajstić information content (AvgIpc) is 3.38. The second-order valence-electron chi connectivity index (χ2n) is 7.84. The smallest absolute Gasteiger partial charge is 0.273 e. The number of hydrogen-bond acceptors (Lipinski definition) is 6. The highest BCUT2D eigenvalue weighted by Crippen LogP contribution is 2.38. The van der Waals surface area contributed by atoms with Gasteiger partial charge in [-0.3, -0.25) is 19.2 Å². The second-order valence-corrected chi connectivity index (χ2v) is 7.84. The molecule has 2 aromatic heterocycles. The van der Waals surface area contributed by atoms with Gasteiger partial charge in [-0.15, -0.1) is 0 Å². The Hall–Kier alpha value is -2.68. The number of carbonyl (C=O) groups excluding carboxylic acids is 2. The normalized spacial score (nSPS) is 24.7. The minimum atomic E-state index is -0.557. The van der Waals surface area contributed by atoms with E-state index in [-0.39, 0.29) is 23.6 Å². The summed E-state index contributed by atoms with van der Waals surface area (Å²) in [5.74, 6) is 0.373. The van der Waals surface area contributed by atoms with Crippen LogP contribution in [0.1, 0.15) is 47.5 Å². The Labute approximate surface area is 163 Å². The zero-order valence-corrected chi connectivity index (χ0v) is 16.3. The number of amides is 2. The molecule has 0 aliphatic carbocycles. The van der Waals surface area contributed by atoms with Crippen molar-refractivity contribution in [3.63, 3.8) is 0 Å². The Morgan fingerprint density at radius 2 is 2.25 bits per heavy atom. The average molecular weight is 386 g/mol. The molecule has 2 amide bonds. The van der Waals surface area contributed by atoms with E-state index in [2.05, 4.69) is 25.8 Å². The SMILES string of the molecule is Cc1cc(C(=O)N[C@@H]2CN3CCCC[C@]3(C(=O)NCc3cnn(C)c3)C2)no1. The highest BCUT2D eigenvalue weighted by Gasteiger charge is 2.52. The van der Waals surface area contributed by atoms with Crippen LogP contribution in [-0.4, -0.2) is 56.3 Å². The summed E-state index contributed by atoms with van der Waals surface area (Å²) in [7, 11) is 1.85. The molecule has 0 radical (unpaired) electrons. The fourth-order valence-electron chi connectivity index (χ4n) is 4.42. The van der Waals surface area contributed by atoms with Crippen molar-refractivity contribution in [1.82, 2.24) is 30.5 Å². The Bertz CT molecular complexity index is 875. The molecule has 2 aliphatic heterocycles. The summed E-state index contributed by atoms with van der Waals surface area (Å²) >= 11 is 0. The van der Waals surface area contributed by atoms with Crippen molar-refractivity contribution in [1.29, 1.82) is 0 Å². The molecule has 0 aromatic carbocycles. The highest BCUT2D eigenvalue weighted by molar-refractivity contribution is 5.93. The summed E-state index contributed by atoms with van der Waals surface area (Å²) in [4.78, 5) is 27.8. The molecule has 0 bridgehead atoms. The molecule has 9 heteroatoms. The molecule has 9 nitrogen and oxygen atoms in total. The van der Waals surface area contributed by atoms with Crippen LogP contribution in [0.5, 0.6) is 0 Å². The molecule has 2 aliphatic rings. The first kappa shape index (κ1) is 18.7. The lowest BCUT2D eigenvalue weighted by Gasteiger charge is -2.40. The van der Waals surface area contributed by atoms with Crippen molar-refractivity contribution in [2.24, 2.45) is 7.05 Å². The van der Waals surface area contributed by atoms with Crippen molar-refractivity contribution in [2.75, 3.05) is 13.1 Å². The minimum Gasteiger partial charge on any atom is -0.361 e. The van der Waals surface area contributed by atoms with Gasteiger partial charge in [0.05, 0.1) is 6.20 Å². The molecule has 0 spiro atoms. The molecular weight excluding hydrogens is 360 g/mol. The molecule has 2 saturated heterocycles. The van der Waals surface area contributed by atoms with Crippen LogP contribution in [0.15, 0.2) is 23.0 Å². The van der Waals surface area contributed by atoms with E-state index in [0.717, 1.165) is 31.4 Å². The van der Waals surface area contributed by atoms with E-state index in [1.807, 2.05) is 13.2 Å². The number of fused-ring (bicyclic) bond motifs is 1. The van der Waals surface area contributed by atoms with Gasteiger partial charge in [0.1, 0.15) is 11.3 Å². The van der Waals surface area contributed by atoms with E-state index < -0.39 is 5.54 Å². The van der Waals surface area contributed by atoms with E-state index in [9.17, 15) is 9.59 Å². The molecule has 28 heavy (non-hydrogen) atoms. The van der Waals surface area contributed by atoms with Crippen LogP contribution >= 0.6 is 0 Å². The number of nitrogens with one attached hydrogen (secondary N) is 2. The molecule has 2 aromatic rings. The summed E-state index contributed by atoms with van der Waals surface area (Å²) in [5.41, 5.74) is 0.689. The fraction of sp³-hybridized carbons (Fsp3) is 0.579. The maximum atomic E-state index is 13.2. The van der Waals surface area contributed by atoms with Crippen LogP contribution in [-0.2, 0) is 18.4 Å². The van der Waals surface area contributed by atoms with Crippen LogP contribution in [0.4, 0.5) is 0 Å². The molecule has 4 heterocycles. The number of aryl methyl sites for hydroxylation is 2. The Morgan fingerprint density at radius 3 is 2.96 bits per heavy atom. The van der Waals surface area contributed by atoms with Gasteiger partial charge in [-0.05, 0) is 39.2 Å². The lowest BCUT2D eigenvalue weighted by molar-refractivity contribution is -0.134. The largest absolute Gasteiger partial charge is 0.361 e. The molecule has 4 rings (SSSR count). The standard InChI is InChI=1S/C19H26N6O3/c1-13-7-16(23-28-13)17(26)22-15-8-19(5-3-4-6-25(19)12-15)18(27)20-9-14-10-21-24(2)11-14/h7,10-11,15H,3-6,8-9,12H2,1-2H3,(H,20,27)(H,22,26)/t15-,19+/m0/s1. The van der Waals surface area contributed by atoms with E-state index in [0.29, 0.717) is 25.3 Å². The van der Waals surface area contributed by atoms with E-state index >= 15 is 0 Å². The topological polar surface area (TPSA) is 105 Å². The third kappa shape index (κ3) is 3.54. The first-order valence-electron chi connectivity index (χ1n) is 9.71. The van der Waals surface area contributed by atoms with E-state index in [1.54, 1.807) is 23.9 Å². The number of rotatable bonds is 5. The van der Waals surface area contributed by atoms with Gasteiger partial charge in [0.25, 0.3) is 5.91 Å². The third-order valence-corrected chi connectivity index (χ3v) is 5.73. The molecule has 2 N–H and O–H groups in total. The van der Waals surface area contributed by atoms with Crippen molar-refractivity contribution in [2.45, 2.75) is 50.7 Å². The maximum Gasteiger partial charge on any atom is 0.273 e. The summed E-state index contributed by atoms with van der Waals surface area (Å²) in [6, 6.07) is 1.53. The Morgan fingerprint density at radius 1 is 1.39 bits per heavy atom. The molecule has 2 atom stereocenters. The van der Waals surface area contributed by atoms with Crippen molar-refractivity contribution >= 4 is 11.8 Å². The van der Waals surface area contributed by atoms with Crippen LogP contribution in [0.3, 0.4) is 0 Å². The van der Waals surface area contributed by atoms with Crippen LogP contribution in [0, 0.1) is 6.92 Å². The van der Waals surface area contributed by atoms with Gasteiger partial charge >= 0.3 is 0 Å². The Balaban J connectivity index is 1.43. The van der Waals surface area contributed by atoms with Crippen LogP contribution < -0.4 is 10.6 Å². The van der Waals surface area contributed by atoms with Crippen LogP contribution in [0.25, 0.3) is 0 Å². The molecule has 2 fully saturated rings. The van der Waals surface area contributed by atoms with Crippen LogP contribution in [0.2, 0.25) is 0 Å². The summed E-state index contributed by atoms with van der Waals surface area (Å²) < 4.78 is 6.71. The zero-order chi connectivity index (χ0) is 19.7. The summed E-state index contributed by atoms with van der Waals surface area (Å²) in [5, 5.41) is 14.0.